The maximum atomic E-state index is 11.5. The number of hydrogen-bond donors (Lipinski definition) is 0. The summed E-state index contributed by atoms with van der Waals surface area (Å²) in [5.74, 6) is -0.935. The van der Waals surface area contributed by atoms with E-state index >= 15 is 0 Å². The molecule has 0 unspecified atom stereocenters. The van der Waals surface area contributed by atoms with Gasteiger partial charge in [-0.1, -0.05) is 26.0 Å². The summed E-state index contributed by atoms with van der Waals surface area (Å²) >= 11 is 0. The van der Waals surface area contributed by atoms with Crippen LogP contribution in [-0.4, -0.2) is 19.0 Å². The van der Waals surface area contributed by atoms with Gasteiger partial charge in [-0.15, -0.1) is 0 Å². The first kappa shape index (κ1) is 15.4. The third kappa shape index (κ3) is 4.25. The lowest BCUT2D eigenvalue weighted by Crippen LogP contribution is -2.14. The fourth-order valence-electron chi connectivity index (χ4n) is 1.32. The van der Waals surface area contributed by atoms with E-state index in [0.29, 0.717) is 11.3 Å². The molecular formula is C15H15NO4. The lowest BCUT2D eigenvalue weighted by molar-refractivity contribution is -0.138. The highest BCUT2D eigenvalue weighted by Gasteiger charge is 2.11. The molecule has 0 atom stereocenters. The topological polar surface area (TPSA) is 76.4 Å². The number of carbonyl (C=O) groups is 2. The van der Waals surface area contributed by atoms with Gasteiger partial charge in [-0.05, 0) is 23.8 Å². The summed E-state index contributed by atoms with van der Waals surface area (Å²) in [4.78, 5) is 22.8. The Morgan fingerprint density at radius 2 is 2.05 bits per heavy atom. The number of ether oxygens (including phenoxy) is 2. The summed E-state index contributed by atoms with van der Waals surface area (Å²) in [7, 11) is 1.20. The highest BCUT2D eigenvalue weighted by atomic mass is 16.5. The van der Waals surface area contributed by atoms with Crippen LogP contribution in [0.3, 0.4) is 0 Å². The average molecular weight is 273 g/mol. The molecule has 0 saturated carbocycles. The van der Waals surface area contributed by atoms with Gasteiger partial charge in [0, 0.05) is 0 Å². The van der Waals surface area contributed by atoms with Crippen molar-refractivity contribution in [2.75, 3.05) is 7.11 Å². The van der Waals surface area contributed by atoms with Crippen molar-refractivity contribution in [2.45, 2.75) is 13.8 Å². The molecule has 0 aliphatic rings. The van der Waals surface area contributed by atoms with Crippen LogP contribution in [0.1, 0.15) is 19.4 Å². The van der Waals surface area contributed by atoms with Crippen LogP contribution in [0.15, 0.2) is 29.8 Å². The summed E-state index contributed by atoms with van der Waals surface area (Å²) in [6.07, 6.45) is 1.37. The molecule has 0 spiro atoms. The minimum absolute atomic E-state index is 0.125. The fourth-order valence-corrected chi connectivity index (χ4v) is 1.32. The van der Waals surface area contributed by atoms with Gasteiger partial charge < -0.3 is 9.47 Å². The van der Waals surface area contributed by atoms with Crippen LogP contribution in [-0.2, 0) is 14.3 Å². The van der Waals surface area contributed by atoms with E-state index in [1.807, 2.05) is 0 Å². The van der Waals surface area contributed by atoms with E-state index in [1.54, 1.807) is 44.2 Å². The van der Waals surface area contributed by atoms with Crippen molar-refractivity contribution >= 4 is 18.0 Å². The van der Waals surface area contributed by atoms with Gasteiger partial charge in [0.25, 0.3) is 0 Å². The van der Waals surface area contributed by atoms with Crippen molar-refractivity contribution in [3.05, 3.63) is 35.4 Å². The summed E-state index contributed by atoms with van der Waals surface area (Å²) in [6.45, 7) is 3.47. The van der Waals surface area contributed by atoms with Crippen molar-refractivity contribution in [1.82, 2.24) is 0 Å². The van der Waals surface area contributed by atoms with Crippen molar-refractivity contribution < 1.29 is 19.1 Å². The van der Waals surface area contributed by atoms with E-state index in [0.717, 1.165) is 0 Å². The maximum absolute atomic E-state index is 11.5. The zero-order valence-electron chi connectivity index (χ0n) is 11.5. The molecule has 5 nitrogen and oxygen atoms in total. The molecule has 1 aromatic carbocycles. The maximum Gasteiger partial charge on any atom is 0.348 e. The van der Waals surface area contributed by atoms with E-state index in [2.05, 4.69) is 4.74 Å². The first-order chi connectivity index (χ1) is 9.47. The Hall–Kier alpha value is -2.61. The van der Waals surface area contributed by atoms with Crippen molar-refractivity contribution in [3.63, 3.8) is 0 Å². The SMILES string of the molecule is COC(=O)/C(C#N)=C/c1cccc(OC(=O)C(C)C)c1. The number of nitrogens with zero attached hydrogens (tertiary/aromatic N) is 1. The predicted molar refractivity (Wildman–Crippen MR) is 72.5 cm³/mol. The molecule has 20 heavy (non-hydrogen) atoms. The number of rotatable bonds is 4. The largest absolute Gasteiger partial charge is 0.465 e. The Kier molecular flexibility index (Phi) is 5.48. The molecule has 5 heteroatoms. The second-order valence-electron chi connectivity index (χ2n) is 4.31. The molecule has 0 amide bonds. The lowest BCUT2D eigenvalue weighted by atomic mass is 10.1. The van der Waals surface area contributed by atoms with Crippen LogP contribution in [0.5, 0.6) is 5.75 Å². The van der Waals surface area contributed by atoms with Gasteiger partial charge in [0.15, 0.2) is 0 Å². The second kappa shape index (κ2) is 7.10. The van der Waals surface area contributed by atoms with E-state index in [4.69, 9.17) is 10.00 Å². The third-order valence-electron chi connectivity index (χ3n) is 2.38. The molecule has 0 bridgehead atoms. The van der Waals surface area contributed by atoms with Crippen LogP contribution >= 0.6 is 0 Å². The Balaban J connectivity index is 2.99. The molecule has 0 aromatic heterocycles. The number of esters is 2. The monoisotopic (exact) mass is 273 g/mol. The van der Waals surface area contributed by atoms with Gasteiger partial charge in [0.2, 0.25) is 0 Å². The summed E-state index contributed by atoms with van der Waals surface area (Å²) in [5.41, 5.74) is 0.445. The Bertz CT molecular complexity index is 582. The van der Waals surface area contributed by atoms with Crippen LogP contribution in [0, 0.1) is 17.2 Å². The quantitative estimate of drug-likeness (QED) is 0.364. The summed E-state index contributed by atoms with van der Waals surface area (Å²) < 4.78 is 9.64. The van der Waals surface area contributed by atoms with Crippen LogP contribution in [0.25, 0.3) is 6.08 Å². The molecule has 0 N–H and O–H groups in total. The van der Waals surface area contributed by atoms with Gasteiger partial charge in [-0.3, -0.25) is 4.79 Å². The van der Waals surface area contributed by atoms with Crippen LogP contribution in [0.4, 0.5) is 0 Å². The Labute approximate surface area is 117 Å². The standard InChI is InChI=1S/C15H15NO4/c1-10(2)14(17)20-13-6-4-5-11(8-13)7-12(9-16)15(18)19-3/h4-8,10H,1-3H3/b12-7+. The van der Waals surface area contributed by atoms with Crippen molar-refractivity contribution in [1.29, 1.82) is 5.26 Å². The minimum atomic E-state index is -0.711. The van der Waals surface area contributed by atoms with Crippen LogP contribution in [0.2, 0.25) is 0 Å². The summed E-state index contributed by atoms with van der Waals surface area (Å²) in [5, 5.41) is 8.87. The summed E-state index contributed by atoms with van der Waals surface area (Å²) in [6, 6.07) is 8.31. The zero-order chi connectivity index (χ0) is 15.1. The molecule has 1 aromatic rings. The minimum Gasteiger partial charge on any atom is -0.465 e. The van der Waals surface area contributed by atoms with Gasteiger partial charge in [-0.25, -0.2) is 4.79 Å². The molecule has 104 valence electrons. The number of hydrogen-bond acceptors (Lipinski definition) is 5. The second-order valence-corrected chi connectivity index (χ2v) is 4.31. The highest BCUT2D eigenvalue weighted by molar-refractivity contribution is 5.97. The Morgan fingerprint density at radius 1 is 1.35 bits per heavy atom. The van der Waals surface area contributed by atoms with Gasteiger partial charge >= 0.3 is 11.9 Å². The van der Waals surface area contributed by atoms with Gasteiger partial charge in [0.05, 0.1) is 13.0 Å². The third-order valence-corrected chi connectivity index (χ3v) is 2.38. The number of methoxy groups -OCH3 is 1. The molecule has 0 fully saturated rings. The molecule has 0 heterocycles. The van der Waals surface area contributed by atoms with Crippen molar-refractivity contribution in [2.24, 2.45) is 5.92 Å². The van der Waals surface area contributed by atoms with E-state index < -0.39 is 5.97 Å². The van der Waals surface area contributed by atoms with E-state index in [1.165, 1.54) is 13.2 Å². The predicted octanol–water partition coefficient (Wildman–Crippen LogP) is 2.33. The van der Waals surface area contributed by atoms with E-state index in [-0.39, 0.29) is 17.5 Å². The van der Waals surface area contributed by atoms with Gasteiger partial charge in [-0.2, -0.15) is 5.26 Å². The molecular weight excluding hydrogens is 258 g/mol. The fraction of sp³-hybridized carbons (Fsp3) is 0.267. The highest BCUT2D eigenvalue weighted by Crippen LogP contribution is 2.17. The van der Waals surface area contributed by atoms with E-state index in [9.17, 15) is 9.59 Å². The molecule has 0 aliphatic heterocycles. The smallest absolute Gasteiger partial charge is 0.348 e. The number of nitriles is 1. The first-order valence-corrected chi connectivity index (χ1v) is 5.99. The van der Waals surface area contributed by atoms with Gasteiger partial charge in [0.1, 0.15) is 17.4 Å². The average Bonchev–Trinajstić information content (AvgIpc) is 2.44. The molecule has 0 aliphatic carbocycles. The zero-order valence-corrected chi connectivity index (χ0v) is 11.5. The molecule has 0 saturated heterocycles. The Morgan fingerprint density at radius 3 is 2.60 bits per heavy atom. The van der Waals surface area contributed by atoms with Crippen molar-refractivity contribution in [3.8, 4) is 11.8 Å². The normalized spacial score (nSPS) is 10.8. The molecule has 0 radical (unpaired) electrons. The molecule has 1 rings (SSSR count). The number of benzene rings is 1. The first-order valence-electron chi connectivity index (χ1n) is 5.99. The number of carbonyl (C=O) groups excluding carboxylic acids is 2. The van der Waals surface area contributed by atoms with Crippen LogP contribution < -0.4 is 4.74 Å². The lowest BCUT2D eigenvalue weighted by Gasteiger charge is -2.07.